The molecule has 2 unspecified atom stereocenters. The van der Waals surface area contributed by atoms with E-state index in [1.165, 1.54) is 0 Å². The van der Waals surface area contributed by atoms with E-state index in [2.05, 4.69) is 0 Å². The molecule has 0 aromatic heterocycles. The molecular weight excluding hydrogens is 296 g/mol. The maximum atomic E-state index is 12.9. The Kier molecular flexibility index (Phi) is 4.87. The van der Waals surface area contributed by atoms with E-state index in [0.717, 1.165) is 51.5 Å². The Balaban J connectivity index is 1.63. The zero-order valence-corrected chi connectivity index (χ0v) is 13.6. The van der Waals surface area contributed by atoms with Crippen molar-refractivity contribution in [3.63, 3.8) is 0 Å². The van der Waals surface area contributed by atoms with Gasteiger partial charge in [-0.15, -0.1) is 0 Å². The van der Waals surface area contributed by atoms with Crippen LogP contribution in [0.25, 0.3) is 0 Å². The molecule has 23 heavy (non-hydrogen) atoms. The monoisotopic (exact) mass is 322 g/mol. The number of carbonyl (C=O) groups excluding carboxylic acids is 2. The Morgan fingerprint density at radius 1 is 0.870 bits per heavy atom. The van der Waals surface area contributed by atoms with Gasteiger partial charge in [-0.1, -0.05) is 0 Å². The van der Waals surface area contributed by atoms with Crippen molar-refractivity contribution < 1.29 is 19.5 Å². The van der Waals surface area contributed by atoms with Gasteiger partial charge in [-0.2, -0.15) is 0 Å². The van der Waals surface area contributed by atoms with Crippen molar-refractivity contribution in [2.24, 2.45) is 11.8 Å². The highest BCUT2D eigenvalue weighted by atomic mass is 16.4. The lowest BCUT2D eigenvalue weighted by Gasteiger charge is -2.40. The van der Waals surface area contributed by atoms with Crippen molar-refractivity contribution in [3.05, 3.63) is 0 Å². The van der Waals surface area contributed by atoms with Gasteiger partial charge in [-0.3, -0.25) is 14.4 Å². The summed E-state index contributed by atoms with van der Waals surface area (Å²) in [6, 6.07) is -0.178. The number of nitrogens with zero attached hydrogens (tertiary/aromatic N) is 2. The minimum Gasteiger partial charge on any atom is -0.481 e. The molecule has 3 aliphatic rings. The number of carboxylic acid groups (broad SMARTS) is 1. The second kappa shape index (κ2) is 6.89. The van der Waals surface area contributed by atoms with Crippen LogP contribution in [0.2, 0.25) is 0 Å². The summed E-state index contributed by atoms with van der Waals surface area (Å²) in [5, 5.41) is 9.07. The van der Waals surface area contributed by atoms with Crippen molar-refractivity contribution in [1.29, 1.82) is 0 Å². The fourth-order valence-electron chi connectivity index (χ4n) is 3.91. The number of carbonyl (C=O) groups is 3. The lowest BCUT2D eigenvalue weighted by Crippen LogP contribution is -2.51. The molecule has 3 fully saturated rings. The third kappa shape index (κ3) is 3.85. The predicted octanol–water partition coefficient (Wildman–Crippen LogP) is 1.49. The minimum absolute atomic E-state index is 0.0309. The van der Waals surface area contributed by atoms with Crippen LogP contribution in [0.1, 0.15) is 51.4 Å². The third-order valence-corrected chi connectivity index (χ3v) is 5.33. The number of piperidine rings is 2. The molecule has 2 atom stereocenters. The van der Waals surface area contributed by atoms with Crippen LogP contribution in [0.3, 0.4) is 0 Å². The summed E-state index contributed by atoms with van der Waals surface area (Å²) >= 11 is 0. The van der Waals surface area contributed by atoms with Crippen molar-refractivity contribution in [2.45, 2.75) is 57.4 Å². The number of hydrogen-bond donors (Lipinski definition) is 1. The first-order valence-corrected chi connectivity index (χ1v) is 8.87. The molecule has 1 N–H and O–H groups in total. The van der Waals surface area contributed by atoms with E-state index in [4.69, 9.17) is 5.11 Å². The van der Waals surface area contributed by atoms with Gasteiger partial charge in [-0.05, 0) is 44.9 Å². The Morgan fingerprint density at radius 2 is 1.65 bits per heavy atom. The van der Waals surface area contributed by atoms with Gasteiger partial charge in [0.1, 0.15) is 0 Å². The fraction of sp³-hybridized carbons (Fsp3) is 0.824. The molecule has 2 amide bonds. The number of hydrogen-bond acceptors (Lipinski definition) is 3. The lowest BCUT2D eigenvalue weighted by atomic mass is 9.92. The standard InChI is InChI=1S/C17H26N2O4/c20-15(21)10-14-5-1-2-9-19(14)17(23)13-4-3-8-18(11-13)16(22)12-6-7-12/h12-14H,1-11H2,(H,20,21). The quantitative estimate of drug-likeness (QED) is 0.850. The third-order valence-electron chi connectivity index (χ3n) is 5.33. The average Bonchev–Trinajstić information content (AvgIpc) is 3.38. The molecule has 0 aromatic carbocycles. The Labute approximate surface area is 136 Å². The molecule has 1 aliphatic carbocycles. The molecule has 2 aliphatic heterocycles. The summed E-state index contributed by atoms with van der Waals surface area (Å²) in [6.07, 6.45) is 6.38. The number of carboxylic acids is 1. The van der Waals surface area contributed by atoms with Crippen molar-refractivity contribution in [1.82, 2.24) is 9.80 Å². The van der Waals surface area contributed by atoms with Gasteiger partial charge in [0, 0.05) is 31.6 Å². The number of likely N-dealkylation sites (tertiary alicyclic amines) is 2. The first-order chi connectivity index (χ1) is 11.1. The van der Waals surface area contributed by atoms with E-state index in [-0.39, 0.29) is 36.1 Å². The number of amides is 2. The van der Waals surface area contributed by atoms with E-state index < -0.39 is 5.97 Å². The van der Waals surface area contributed by atoms with Crippen LogP contribution in [0.4, 0.5) is 0 Å². The normalized spacial score (nSPS) is 28.5. The van der Waals surface area contributed by atoms with Crippen LogP contribution in [-0.2, 0) is 14.4 Å². The van der Waals surface area contributed by atoms with Crippen LogP contribution in [0.15, 0.2) is 0 Å². The molecule has 6 heteroatoms. The van der Waals surface area contributed by atoms with Crippen molar-refractivity contribution in [2.75, 3.05) is 19.6 Å². The van der Waals surface area contributed by atoms with Crippen molar-refractivity contribution >= 4 is 17.8 Å². The van der Waals surface area contributed by atoms with Crippen LogP contribution in [-0.4, -0.2) is 58.4 Å². The first-order valence-electron chi connectivity index (χ1n) is 8.87. The molecule has 2 heterocycles. The highest BCUT2D eigenvalue weighted by Crippen LogP contribution is 2.33. The molecule has 2 saturated heterocycles. The number of aliphatic carboxylic acids is 1. The fourth-order valence-corrected chi connectivity index (χ4v) is 3.91. The molecule has 3 rings (SSSR count). The summed E-state index contributed by atoms with van der Waals surface area (Å²) < 4.78 is 0. The average molecular weight is 322 g/mol. The van der Waals surface area contributed by atoms with Gasteiger partial charge < -0.3 is 14.9 Å². The Hall–Kier alpha value is -1.59. The maximum Gasteiger partial charge on any atom is 0.305 e. The zero-order chi connectivity index (χ0) is 16.4. The van der Waals surface area contributed by atoms with Gasteiger partial charge in [0.15, 0.2) is 0 Å². The number of rotatable bonds is 4. The van der Waals surface area contributed by atoms with E-state index in [9.17, 15) is 14.4 Å². The van der Waals surface area contributed by atoms with Crippen LogP contribution >= 0.6 is 0 Å². The highest BCUT2D eigenvalue weighted by Gasteiger charge is 2.39. The van der Waals surface area contributed by atoms with Crippen LogP contribution < -0.4 is 0 Å². The molecule has 6 nitrogen and oxygen atoms in total. The predicted molar refractivity (Wildman–Crippen MR) is 83.6 cm³/mol. The summed E-state index contributed by atoms with van der Waals surface area (Å²) in [4.78, 5) is 39.8. The highest BCUT2D eigenvalue weighted by molar-refractivity contribution is 5.84. The molecule has 0 bridgehead atoms. The van der Waals surface area contributed by atoms with Gasteiger partial charge >= 0.3 is 5.97 Å². The second-order valence-electron chi connectivity index (χ2n) is 7.18. The minimum atomic E-state index is -0.844. The molecule has 0 aromatic rings. The summed E-state index contributed by atoms with van der Waals surface area (Å²) in [7, 11) is 0. The van der Waals surface area contributed by atoms with Gasteiger partial charge in [0.2, 0.25) is 11.8 Å². The SMILES string of the molecule is O=C(O)CC1CCCCN1C(=O)C1CCCN(C(=O)C2CC2)C1. The summed E-state index contributed by atoms with van der Waals surface area (Å²) in [6.45, 7) is 1.94. The van der Waals surface area contributed by atoms with Gasteiger partial charge in [-0.25, -0.2) is 0 Å². The van der Waals surface area contributed by atoms with E-state index in [1.807, 2.05) is 4.90 Å². The first kappa shape index (κ1) is 16.3. The maximum absolute atomic E-state index is 12.9. The largest absolute Gasteiger partial charge is 0.481 e. The topological polar surface area (TPSA) is 77.9 Å². The Morgan fingerprint density at radius 3 is 2.35 bits per heavy atom. The lowest BCUT2D eigenvalue weighted by molar-refractivity contribution is -0.146. The second-order valence-corrected chi connectivity index (χ2v) is 7.18. The van der Waals surface area contributed by atoms with Gasteiger partial charge in [0.05, 0.1) is 12.3 Å². The van der Waals surface area contributed by atoms with E-state index >= 15 is 0 Å². The molecular formula is C17H26N2O4. The summed E-state index contributed by atoms with van der Waals surface area (Å²) in [5.41, 5.74) is 0. The van der Waals surface area contributed by atoms with E-state index in [0.29, 0.717) is 13.1 Å². The Bertz CT molecular complexity index is 489. The van der Waals surface area contributed by atoms with Crippen LogP contribution in [0.5, 0.6) is 0 Å². The molecule has 0 radical (unpaired) electrons. The smallest absolute Gasteiger partial charge is 0.305 e. The van der Waals surface area contributed by atoms with E-state index in [1.54, 1.807) is 4.90 Å². The molecule has 0 spiro atoms. The summed E-state index contributed by atoms with van der Waals surface area (Å²) in [5.74, 6) is -0.532. The van der Waals surface area contributed by atoms with Crippen molar-refractivity contribution in [3.8, 4) is 0 Å². The molecule has 128 valence electrons. The zero-order valence-electron chi connectivity index (χ0n) is 13.6. The van der Waals surface area contributed by atoms with Crippen LogP contribution in [0, 0.1) is 11.8 Å². The molecule has 1 saturated carbocycles. The van der Waals surface area contributed by atoms with Gasteiger partial charge in [0.25, 0.3) is 0 Å².